The number of nitrogens with zero attached hydrogens (tertiary/aromatic N) is 1. The van der Waals surface area contributed by atoms with E-state index in [1.165, 1.54) is 32.4 Å². The molecule has 9 nitrogen and oxygen atoms in total. The number of methoxy groups -OCH3 is 2. The second-order valence-electron chi connectivity index (χ2n) is 9.43. The lowest BCUT2D eigenvalue weighted by molar-refractivity contribution is -0.137. The molecule has 11 heteroatoms. The van der Waals surface area contributed by atoms with Crippen molar-refractivity contribution in [3.63, 3.8) is 0 Å². The highest BCUT2D eigenvalue weighted by Gasteiger charge is 2.39. The molecule has 1 atom stereocenters. The Morgan fingerprint density at radius 3 is 2.06 bits per heavy atom. The van der Waals surface area contributed by atoms with Crippen molar-refractivity contribution in [3.05, 3.63) is 46.3 Å². The number of halogens is 2. The number of dihydropyridines is 1. The second-order valence-corrected chi connectivity index (χ2v) is 9.43. The van der Waals surface area contributed by atoms with Crippen LogP contribution < -0.4 is 21.1 Å². The fourth-order valence-electron chi connectivity index (χ4n) is 3.70. The summed E-state index contributed by atoms with van der Waals surface area (Å²) in [5.74, 6) is -2.76. The largest absolute Gasteiger partial charge is 0.466 e. The number of anilines is 1. The van der Waals surface area contributed by atoms with Crippen LogP contribution >= 0.6 is 0 Å². The molecular weight excluding hydrogens is 474 g/mol. The summed E-state index contributed by atoms with van der Waals surface area (Å²) in [4.78, 5) is 30.0. The Kier molecular flexibility index (Phi) is 9.06. The first-order valence-electron chi connectivity index (χ1n) is 11.2. The van der Waals surface area contributed by atoms with Crippen LogP contribution in [0.3, 0.4) is 0 Å². The van der Waals surface area contributed by atoms with Crippen molar-refractivity contribution < 1.29 is 32.6 Å². The van der Waals surface area contributed by atoms with Gasteiger partial charge in [-0.25, -0.2) is 14.6 Å². The molecule has 0 saturated carbocycles. The van der Waals surface area contributed by atoms with Crippen LogP contribution in [-0.2, 0) is 19.1 Å². The molecular formula is C25H34F2N4O5. The highest BCUT2D eigenvalue weighted by Crippen LogP contribution is 2.44. The number of nitrogens with two attached hydrogens (primary N) is 1. The Hall–Kier alpha value is -3.63. The van der Waals surface area contributed by atoms with Crippen LogP contribution in [-0.4, -0.2) is 44.8 Å². The minimum absolute atomic E-state index is 0.0442. The quantitative estimate of drug-likeness (QED) is 0.287. The first-order chi connectivity index (χ1) is 16.7. The second kappa shape index (κ2) is 11.4. The zero-order chi connectivity index (χ0) is 27.4. The van der Waals surface area contributed by atoms with Gasteiger partial charge in [-0.15, -0.1) is 0 Å². The minimum Gasteiger partial charge on any atom is -0.466 e. The van der Waals surface area contributed by atoms with Crippen LogP contribution in [0.1, 0.15) is 53.0 Å². The van der Waals surface area contributed by atoms with E-state index < -0.39 is 24.5 Å². The van der Waals surface area contributed by atoms with E-state index in [1.807, 2.05) is 27.7 Å². The zero-order valence-electron chi connectivity index (χ0n) is 21.8. The van der Waals surface area contributed by atoms with Gasteiger partial charge in [0.25, 0.3) is 0 Å². The first-order valence-corrected chi connectivity index (χ1v) is 11.2. The number of nitrogens with one attached hydrogen (secondary N) is 2. The third-order valence-corrected chi connectivity index (χ3v) is 5.97. The average molecular weight is 509 g/mol. The van der Waals surface area contributed by atoms with E-state index in [4.69, 9.17) is 19.9 Å². The number of benzene rings is 1. The lowest BCUT2D eigenvalue weighted by Crippen LogP contribution is -2.32. The third kappa shape index (κ3) is 6.52. The van der Waals surface area contributed by atoms with Gasteiger partial charge in [-0.05, 0) is 44.4 Å². The molecule has 0 aromatic heterocycles. The molecule has 1 aromatic carbocycles. The predicted octanol–water partition coefficient (Wildman–Crippen LogP) is 4.03. The molecule has 1 aliphatic rings. The molecule has 0 spiro atoms. The molecule has 1 aromatic rings. The van der Waals surface area contributed by atoms with Crippen LogP contribution in [0, 0.1) is 5.41 Å². The smallest absolute Gasteiger partial charge is 0.387 e. The summed E-state index contributed by atoms with van der Waals surface area (Å²) < 4.78 is 41.3. The first kappa shape index (κ1) is 28.6. The molecule has 0 saturated heterocycles. The molecule has 1 aliphatic heterocycles. The van der Waals surface area contributed by atoms with Gasteiger partial charge in [0.05, 0.1) is 37.3 Å². The van der Waals surface area contributed by atoms with Gasteiger partial charge in [0.1, 0.15) is 5.75 Å². The molecule has 1 heterocycles. The number of alkyl halides is 2. The highest BCUT2D eigenvalue weighted by molar-refractivity contribution is 6.00. The lowest BCUT2D eigenvalue weighted by Gasteiger charge is -2.31. The number of rotatable bonds is 7. The fourth-order valence-corrected chi connectivity index (χ4v) is 3.70. The molecule has 36 heavy (non-hydrogen) atoms. The minimum atomic E-state index is -3.15. The van der Waals surface area contributed by atoms with Crippen LogP contribution in [0.4, 0.5) is 14.5 Å². The van der Waals surface area contributed by atoms with Crippen LogP contribution in [0.25, 0.3) is 0 Å². The van der Waals surface area contributed by atoms with E-state index in [0.29, 0.717) is 17.1 Å². The van der Waals surface area contributed by atoms with Crippen molar-refractivity contribution in [2.45, 2.75) is 60.1 Å². The van der Waals surface area contributed by atoms with Gasteiger partial charge in [-0.1, -0.05) is 20.8 Å². The molecule has 198 valence electrons. The maximum Gasteiger partial charge on any atom is 0.387 e. The van der Waals surface area contributed by atoms with E-state index in [-0.39, 0.29) is 39.9 Å². The van der Waals surface area contributed by atoms with Crippen molar-refractivity contribution >= 4 is 23.6 Å². The summed E-state index contributed by atoms with van der Waals surface area (Å²) in [6.45, 7) is 8.06. The van der Waals surface area contributed by atoms with Crippen molar-refractivity contribution in [3.8, 4) is 5.75 Å². The third-order valence-electron chi connectivity index (χ3n) is 5.97. The monoisotopic (exact) mass is 508 g/mol. The molecule has 0 aliphatic carbocycles. The Bertz CT molecular complexity index is 1070. The Balaban J connectivity index is 2.74. The predicted molar refractivity (Wildman–Crippen MR) is 133 cm³/mol. The molecule has 0 bridgehead atoms. The Morgan fingerprint density at radius 1 is 1.08 bits per heavy atom. The number of hydrogen-bond acceptors (Lipinski definition) is 7. The number of carbonyl (C=O) groups is 2. The average Bonchev–Trinajstić information content (AvgIpc) is 2.77. The summed E-state index contributed by atoms with van der Waals surface area (Å²) in [7, 11) is 2.37. The van der Waals surface area contributed by atoms with Crippen LogP contribution in [0.15, 0.2) is 45.7 Å². The maximum atomic E-state index is 13.3. The normalized spacial score (nSPS) is 16.0. The number of guanidine groups is 1. The Labute approximate surface area is 209 Å². The summed E-state index contributed by atoms with van der Waals surface area (Å²) in [6.07, 6.45) is 0. The number of aliphatic imine (C=N–C) groups is 1. The van der Waals surface area contributed by atoms with E-state index in [2.05, 4.69) is 15.6 Å². The fraction of sp³-hybridized carbons (Fsp3) is 0.480. The molecule has 1 unspecified atom stereocenters. The van der Waals surface area contributed by atoms with E-state index >= 15 is 0 Å². The number of allylic oxidation sites excluding steroid dienone is 2. The SMILES string of the molecule is COC(=O)C1=C(C)NC(C)=C(C(=O)OC)C1c1cc(NC(N)=NC(C)C(C)(C)C)ccc1OC(F)F. The van der Waals surface area contributed by atoms with Crippen LogP contribution in [0.2, 0.25) is 0 Å². The lowest BCUT2D eigenvalue weighted by atomic mass is 9.79. The number of hydrogen-bond donors (Lipinski definition) is 3. The maximum absolute atomic E-state index is 13.3. The van der Waals surface area contributed by atoms with Crippen molar-refractivity contribution in [1.82, 2.24) is 5.32 Å². The summed E-state index contributed by atoms with van der Waals surface area (Å²) in [5, 5.41) is 5.91. The number of carbonyl (C=O) groups excluding carboxylic acids is 2. The molecule has 0 radical (unpaired) electrons. The van der Waals surface area contributed by atoms with Gasteiger partial charge in [-0.2, -0.15) is 8.78 Å². The van der Waals surface area contributed by atoms with Gasteiger partial charge in [-0.3, -0.25) is 0 Å². The van der Waals surface area contributed by atoms with E-state index in [0.717, 1.165) is 0 Å². The molecule has 0 amide bonds. The van der Waals surface area contributed by atoms with Crippen LogP contribution in [0.5, 0.6) is 5.75 Å². The van der Waals surface area contributed by atoms with Crippen molar-refractivity contribution in [2.75, 3.05) is 19.5 Å². The van der Waals surface area contributed by atoms with Crippen molar-refractivity contribution in [1.29, 1.82) is 0 Å². The Morgan fingerprint density at radius 2 is 1.61 bits per heavy atom. The summed E-state index contributed by atoms with van der Waals surface area (Å²) in [5.41, 5.74) is 7.32. The summed E-state index contributed by atoms with van der Waals surface area (Å²) in [6, 6.07) is 4.14. The van der Waals surface area contributed by atoms with E-state index in [1.54, 1.807) is 13.8 Å². The van der Waals surface area contributed by atoms with Gasteiger partial charge in [0, 0.05) is 22.6 Å². The highest BCUT2D eigenvalue weighted by atomic mass is 19.3. The number of ether oxygens (including phenoxy) is 3. The van der Waals surface area contributed by atoms with E-state index in [9.17, 15) is 18.4 Å². The molecule has 4 N–H and O–H groups in total. The number of esters is 2. The zero-order valence-corrected chi connectivity index (χ0v) is 21.8. The van der Waals surface area contributed by atoms with Crippen molar-refractivity contribution in [2.24, 2.45) is 16.1 Å². The van der Waals surface area contributed by atoms with Gasteiger partial charge in [0.2, 0.25) is 0 Å². The standard InChI is InChI=1S/C25H34F2N4O5/c1-12-18(21(32)34-7)20(19(13(2)29-12)22(33)35-8)16-11-15(9-10-17(16)36-23(26)27)31-24(28)30-14(3)25(4,5)6/h9-11,14,20,23,29H,1-8H3,(H3,28,30,31). The molecule has 2 rings (SSSR count). The summed E-state index contributed by atoms with van der Waals surface area (Å²) >= 11 is 0. The van der Waals surface area contributed by atoms with Gasteiger partial charge in [0.15, 0.2) is 5.96 Å². The van der Waals surface area contributed by atoms with Gasteiger partial charge >= 0.3 is 18.6 Å². The van der Waals surface area contributed by atoms with Gasteiger partial charge < -0.3 is 30.6 Å². The molecule has 0 fully saturated rings. The topological polar surface area (TPSA) is 124 Å².